The largest absolute Gasteiger partial charge is 0.206 e. The van der Waals surface area contributed by atoms with Crippen molar-refractivity contribution in [3.05, 3.63) is 47.8 Å². The van der Waals surface area contributed by atoms with E-state index in [0.29, 0.717) is 5.56 Å². The smallest absolute Gasteiger partial charge is 0.131 e. The molecule has 1 radical (unpaired) electrons. The quantitative estimate of drug-likeness (QED) is 0.606. The third-order valence-corrected chi connectivity index (χ3v) is 1.63. The van der Waals surface area contributed by atoms with Crippen molar-refractivity contribution in [1.82, 2.24) is 0 Å². The van der Waals surface area contributed by atoms with Gasteiger partial charge >= 0.3 is 0 Å². The molecule has 0 aliphatic rings. The molecule has 0 atom stereocenters. The van der Waals surface area contributed by atoms with Gasteiger partial charge in [0.25, 0.3) is 0 Å². The Morgan fingerprint density at radius 3 is 2.82 bits per heavy atom. The van der Waals surface area contributed by atoms with Crippen LogP contribution in [-0.4, -0.2) is 0 Å². The van der Waals surface area contributed by atoms with E-state index in [2.05, 4.69) is 12.7 Å². The lowest BCUT2D eigenvalue weighted by molar-refractivity contribution is 0.621. The Kier molecular flexibility index (Phi) is 2.42. The van der Waals surface area contributed by atoms with Crippen LogP contribution in [-0.2, 0) is 6.42 Å². The molecule has 0 nitrogen and oxygen atoms in total. The van der Waals surface area contributed by atoms with Crippen LogP contribution in [0.15, 0.2) is 24.8 Å². The second-order valence-electron chi connectivity index (χ2n) is 2.34. The van der Waals surface area contributed by atoms with Gasteiger partial charge in [-0.05, 0) is 30.2 Å². The highest BCUT2D eigenvalue weighted by atomic mass is 19.1. The number of aryl methyl sites for hydroxylation is 1. The lowest BCUT2D eigenvalue weighted by Crippen LogP contribution is -1.86. The highest BCUT2D eigenvalue weighted by Gasteiger charge is 1.97. The topological polar surface area (TPSA) is 0 Å². The molecular weight excluding hydrogens is 139 g/mol. The monoisotopic (exact) mass is 149 g/mol. The third-order valence-electron chi connectivity index (χ3n) is 1.63. The summed E-state index contributed by atoms with van der Waals surface area (Å²) in [4.78, 5) is 0. The summed E-state index contributed by atoms with van der Waals surface area (Å²) in [5.41, 5.74) is 1.57. The zero-order valence-electron chi connectivity index (χ0n) is 6.52. The predicted octanol–water partition coefficient (Wildman–Crippen LogP) is 2.73. The second-order valence-corrected chi connectivity index (χ2v) is 2.34. The average molecular weight is 149 g/mol. The first kappa shape index (κ1) is 7.99. The second kappa shape index (κ2) is 3.33. The number of hydrogen-bond acceptors (Lipinski definition) is 0. The van der Waals surface area contributed by atoms with Gasteiger partial charge in [0.1, 0.15) is 5.82 Å². The zero-order chi connectivity index (χ0) is 8.27. The van der Waals surface area contributed by atoms with E-state index < -0.39 is 0 Å². The van der Waals surface area contributed by atoms with Gasteiger partial charge in [0.05, 0.1) is 0 Å². The first-order chi connectivity index (χ1) is 5.27. The van der Waals surface area contributed by atoms with Crippen molar-refractivity contribution in [2.45, 2.75) is 13.3 Å². The first-order valence-electron chi connectivity index (χ1n) is 3.59. The maximum Gasteiger partial charge on any atom is 0.131 e. The van der Waals surface area contributed by atoms with Crippen molar-refractivity contribution >= 4 is 0 Å². The molecule has 1 heteroatoms. The maximum absolute atomic E-state index is 12.8. The van der Waals surface area contributed by atoms with E-state index >= 15 is 0 Å². The van der Waals surface area contributed by atoms with E-state index in [4.69, 9.17) is 0 Å². The fourth-order valence-corrected chi connectivity index (χ4v) is 0.928. The molecule has 0 fully saturated rings. The van der Waals surface area contributed by atoms with Crippen LogP contribution in [0.5, 0.6) is 0 Å². The lowest BCUT2D eigenvalue weighted by Gasteiger charge is -1.98. The fraction of sp³-hybridized carbons (Fsp3) is 0.200. The van der Waals surface area contributed by atoms with Crippen LogP contribution in [0.25, 0.3) is 0 Å². The predicted molar refractivity (Wildman–Crippen MR) is 43.8 cm³/mol. The van der Waals surface area contributed by atoms with E-state index in [-0.39, 0.29) is 5.82 Å². The molecule has 0 amide bonds. The molecule has 0 aliphatic carbocycles. The number of hydrogen-bond donors (Lipinski definition) is 0. The molecule has 57 valence electrons. The Morgan fingerprint density at radius 1 is 1.55 bits per heavy atom. The van der Waals surface area contributed by atoms with E-state index in [1.807, 2.05) is 6.92 Å². The van der Waals surface area contributed by atoms with Crippen LogP contribution in [0.4, 0.5) is 4.39 Å². The highest BCUT2D eigenvalue weighted by molar-refractivity contribution is 5.28. The van der Waals surface area contributed by atoms with Crippen LogP contribution in [0.3, 0.4) is 0 Å². The van der Waals surface area contributed by atoms with Crippen LogP contribution in [0.2, 0.25) is 0 Å². The maximum atomic E-state index is 12.8. The molecule has 0 heterocycles. The van der Waals surface area contributed by atoms with Crippen molar-refractivity contribution in [2.75, 3.05) is 0 Å². The summed E-state index contributed by atoms with van der Waals surface area (Å²) < 4.78 is 12.8. The summed E-state index contributed by atoms with van der Waals surface area (Å²) >= 11 is 0. The Hall–Kier alpha value is -1.11. The van der Waals surface area contributed by atoms with E-state index in [0.717, 1.165) is 12.0 Å². The summed E-state index contributed by atoms with van der Waals surface area (Å²) in [5.74, 6) is -0.253. The third kappa shape index (κ3) is 1.67. The van der Waals surface area contributed by atoms with Crippen molar-refractivity contribution < 1.29 is 4.39 Å². The summed E-state index contributed by atoms with van der Waals surface area (Å²) in [6.45, 7) is 5.43. The van der Waals surface area contributed by atoms with Gasteiger partial charge in [0.15, 0.2) is 0 Å². The Bertz CT molecular complexity index is 264. The normalized spacial score (nSPS) is 9.64. The van der Waals surface area contributed by atoms with E-state index in [9.17, 15) is 4.39 Å². The van der Waals surface area contributed by atoms with Gasteiger partial charge in [-0.2, -0.15) is 0 Å². The number of rotatable bonds is 2. The van der Waals surface area contributed by atoms with E-state index in [1.54, 1.807) is 12.1 Å². The molecule has 11 heavy (non-hydrogen) atoms. The van der Waals surface area contributed by atoms with Crippen LogP contribution in [0, 0.1) is 11.9 Å². The molecule has 1 aromatic carbocycles. The molecule has 0 saturated carbocycles. The van der Waals surface area contributed by atoms with Gasteiger partial charge in [-0.3, -0.25) is 0 Å². The molecule has 0 aliphatic heterocycles. The first-order valence-corrected chi connectivity index (χ1v) is 3.59. The minimum atomic E-state index is -0.253. The lowest BCUT2D eigenvalue weighted by atomic mass is 10.1. The minimum absolute atomic E-state index is 0.253. The summed E-state index contributed by atoms with van der Waals surface area (Å²) in [5, 5.41) is 0. The molecule has 1 aromatic rings. The molecule has 0 aromatic heterocycles. The Balaban J connectivity index is 3.12. The van der Waals surface area contributed by atoms with Gasteiger partial charge in [0, 0.05) is 5.56 Å². The van der Waals surface area contributed by atoms with E-state index in [1.165, 1.54) is 6.07 Å². The van der Waals surface area contributed by atoms with Crippen molar-refractivity contribution in [1.29, 1.82) is 0 Å². The Morgan fingerprint density at radius 2 is 2.27 bits per heavy atom. The molecule has 0 spiro atoms. The molecular formula is C10H10F. The van der Waals surface area contributed by atoms with Gasteiger partial charge in [-0.15, -0.1) is 0 Å². The number of halogens is 1. The Labute approximate surface area is 66.4 Å². The van der Waals surface area contributed by atoms with Gasteiger partial charge in [-0.25, -0.2) is 4.39 Å². The molecule has 1 rings (SSSR count). The molecule has 0 N–H and O–H groups in total. The van der Waals surface area contributed by atoms with Crippen LogP contribution in [0.1, 0.15) is 18.1 Å². The molecule has 0 saturated heterocycles. The van der Waals surface area contributed by atoms with Crippen LogP contribution >= 0.6 is 0 Å². The van der Waals surface area contributed by atoms with Crippen LogP contribution < -0.4 is 0 Å². The summed E-state index contributed by atoms with van der Waals surface area (Å²) in [6, 6.07) is 4.99. The van der Waals surface area contributed by atoms with Crippen molar-refractivity contribution in [2.24, 2.45) is 0 Å². The standard InChI is InChI=1S/C10H10F/c1-3-8-5-6-10(11)9(4-2)7-8/h5-7H,2-3H2,1H3. The average Bonchev–Trinajstić information content (AvgIpc) is 2.05. The van der Waals surface area contributed by atoms with Crippen molar-refractivity contribution in [3.63, 3.8) is 0 Å². The highest BCUT2D eigenvalue weighted by Crippen LogP contribution is 2.10. The number of benzene rings is 1. The fourth-order valence-electron chi connectivity index (χ4n) is 0.928. The minimum Gasteiger partial charge on any atom is -0.206 e. The molecule has 0 bridgehead atoms. The summed E-state index contributed by atoms with van der Waals surface area (Å²) in [7, 11) is 0. The van der Waals surface area contributed by atoms with Gasteiger partial charge in [0.2, 0.25) is 0 Å². The zero-order valence-corrected chi connectivity index (χ0v) is 6.52. The molecule has 0 unspecified atom stereocenters. The van der Waals surface area contributed by atoms with Gasteiger partial charge < -0.3 is 0 Å². The van der Waals surface area contributed by atoms with Gasteiger partial charge in [-0.1, -0.05) is 19.6 Å². The SMILES string of the molecule is C=[C]c1cc(CC)ccc1F. The summed E-state index contributed by atoms with van der Waals surface area (Å²) in [6.07, 6.45) is 3.46. The van der Waals surface area contributed by atoms with Crippen molar-refractivity contribution in [3.8, 4) is 0 Å².